The van der Waals surface area contributed by atoms with Crippen molar-refractivity contribution < 1.29 is 9.21 Å². The Bertz CT molecular complexity index is 770. The third kappa shape index (κ3) is 3.23. The number of halogens is 1. The Labute approximate surface area is 130 Å². The lowest BCUT2D eigenvalue weighted by Crippen LogP contribution is -1.94. The number of hydrogen-bond donors (Lipinski definition) is 1. The van der Waals surface area contributed by atoms with Crippen molar-refractivity contribution in [3.63, 3.8) is 0 Å². The van der Waals surface area contributed by atoms with E-state index in [0.717, 1.165) is 21.1 Å². The van der Waals surface area contributed by atoms with E-state index < -0.39 is 0 Å². The number of nitrogens with one attached hydrogen (secondary N) is 1. The molecule has 1 aromatic heterocycles. The first-order chi connectivity index (χ1) is 10.2. The van der Waals surface area contributed by atoms with Crippen LogP contribution in [-0.2, 0) is 0 Å². The molecule has 1 heterocycles. The molecular weight excluding hydrogens is 330 g/mol. The van der Waals surface area contributed by atoms with E-state index in [2.05, 4.69) is 21.2 Å². The van der Waals surface area contributed by atoms with E-state index in [-0.39, 0.29) is 5.78 Å². The summed E-state index contributed by atoms with van der Waals surface area (Å²) >= 11 is 3.37. The fourth-order valence-corrected chi connectivity index (χ4v) is 2.21. The second-order valence-electron chi connectivity index (χ2n) is 4.50. The molecule has 0 saturated heterocycles. The summed E-state index contributed by atoms with van der Waals surface area (Å²) in [4.78, 5) is 12.0. The van der Waals surface area contributed by atoms with Gasteiger partial charge in [-0.25, -0.2) is 0 Å². The zero-order valence-corrected chi connectivity index (χ0v) is 12.6. The number of carbonyl (C=O) groups is 1. The van der Waals surface area contributed by atoms with Crippen molar-refractivity contribution in [1.29, 1.82) is 0 Å². The largest absolute Gasteiger partial charge is 0.453 e. The van der Waals surface area contributed by atoms with Gasteiger partial charge in [0.1, 0.15) is 5.58 Å². The number of fused-ring (bicyclic) bond motifs is 1. The van der Waals surface area contributed by atoms with Gasteiger partial charge < -0.3 is 9.73 Å². The van der Waals surface area contributed by atoms with Crippen LogP contribution in [0, 0.1) is 0 Å². The molecule has 21 heavy (non-hydrogen) atoms. The molecular formula is C17H12BrNO2. The van der Waals surface area contributed by atoms with Gasteiger partial charge in [-0.1, -0.05) is 34.1 Å². The van der Waals surface area contributed by atoms with Crippen LogP contribution in [0.2, 0.25) is 0 Å². The monoisotopic (exact) mass is 341 g/mol. The summed E-state index contributed by atoms with van der Waals surface area (Å²) in [5, 5.41) is 3.97. The van der Waals surface area contributed by atoms with E-state index in [9.17, 15) is 4.79 Å². The van der Waals surface area contributed by atoms with Crippen LogP contribution in [0.5, 0.6) is 0 Å². The van der Waals surface area contributed by atoms with Gasteiger partial charge in [-0.2, -0.15) is 0 Å². The Kier molecular flexibility index (Phi) is 3.88. The molecule has 0 saturated carbocycles. The van der Waals surface area contributed by atoms with Crippen LogP contribution >= 0.6 is 15.9 Å². The van der Waals surface area contributed by atoms with Crippen molar-refractivity contribution in [2.24, 2.45) is 0 Å². The van der Waals surface area contributed by atoms with E-state index in [1.807, 2.05) is 48.5 Å². The standard InChI is InChI=1S/C17H12BrNO2/c18-13-5-7-14(8-6-13)19-10-9-15(20)17-11-12-3-1-2-4-16(12)21-17/h1-11,19H/b10-9+. The second kappa shape index (κ2) is 5.97. The fraction of sp³-hybridized carbons (Fsp3) is 0. The first-order valence-electron chi connectivity index (χ1n) is 6.44. The van der Waals surface area contributed by atoms with Crippen LogP contribution in [-0.4, -0.2) is 5.78 Å². The lowest BCUT2D eigenvalue weighted by molar-refractivity contribution is 0.102. The van der Waals surface area contributed by atoms with E-state index in [1.165, 1.54) is 6.08 Å². The normalized spacial score (nSPS) is 11.1. The molecule has 3 rings (SSSR count). The lowest BCUT2D eigenvalue weighted by atomic mass is 10.2. The van der Waals surface area contributed by atoms with Crippen LogP contribution < -0.4 is 5.32 Å². The average molecular weight is 342 g/mol. The number of rotatable bonds is 4. The third-order valence-electron chi connectivity index (χ3n) is 3.00. The van der Waals surface area contributed by atoms with Crippen molar-refractivity contribution in [1.82, 2.24) is 0 Å². The first-order valence-corrected chi connectivity index (χ1v) is 7.23. The van der Waals surface area contributed by atoms with Gasteiger partial charge >= 0.3 is 0 Å². The molecule has 104 valence electrons. The minimum atomic E-state index is -0.171. The third-order valence-corrected chi connectivity index (χ3v) is 3.53. The molecule has 0 unspecified atom stereocenters. The topological polar surface area (TPSA) is 42.2 Å². The van der Waals surface area contributed by atoms with E-state index in [4.69, 9.17) is 4.42 Å². The van der Waals surface area contributed by atoms with Crippen molar-refractivity contribution >= 4 is 38.4 Å². The summed E-state index contributed by atoms with van der Waals surface area (Å²) in [5.41, 5.74) is 1.63. The molecule has 3 nitrogen and oxygen atoms in total. The lowest BCUT2D eigenvalue weighted by Gasteiger charge is -1.99. The molecule has 3 aromatic rings. The quantitative estimate of drug-likeness (QED) is 0.536. The molecule has 0 spiro atoms. The maximum absolute atomic E-state index is 12.0. The van der Waals surface area contributed by atoms with Gasteiger partial charge in [0.2, 0.25) is 5.78 Å². The molecule has 2 aromatic carbocycles. The van der Waals surface area contributed by atoms with Crippen molar-refractivity contribution in [3.8, 4) is 0 Å². The molecule has 0 amide bonds. The molecule has 0 atom stereocenters. The highest BCUT2D eigenvalue weighted by Gasteiger charge is 2.08. The van der Waals surface area contributed by atoms with Gasteiger partial charge in [0.25, 0.3) is 0 Å². The summed E-state index contributed by atoms with van der Waals surface area (Å²) in [6.45, 7) is 0. The smallest absolute Gasteiger partial charge is 0.222 e. The van der Waals surface area contributed by atoms with E-state index in [1.54, 1.807) is 12.3 Å². The number of ketones is 1. The maximum atomic E-state index is 12.0. The number of allylic oxidation sites excluding steroid dienone is 1. The summed E-state index contributed by atoms with van der Waals surface area (Å²) in [5.74, 6) is 0.167. The molecule has 0 bridgehead atoms. The number of benzene rings is 2. The Hall–Kier alpha value is -2.33. The van der Waals surface area contributed by atoms with Gasteiger partial charge in [-0.15, -0.1) is 0 Å². The summed E-state index contributed by atoms with van der Waals surface area (Å²) < 4.78 is 6.52. The van der Waals surface area contributed by atoms with Gasteiger partial charge in [-0.05, 0) is 36.4 Å². The Morgan fingerprint density at radius 2 is 1.86 bits per heavy atom. The van der Waals surface area contributed by atoms with Crippen molar-refractivity contribution in [2.75, 3.05) is 5.32 Å². The molecule has 0 aliphatic carbocycles. The summed E-state index contributed by atoms with van der Waals surface area (Å²) in [6.07, 6.45) is 3.07. The SMILES string of the molecule is O=C(/C=C/Nc1ccc(Br)cc1)c1cc2ccccc2o1. The molecule has 1 N–H and O–H groups in total. The van der Waals surface area contributed by atoms with Gasteiger partial charge in [0.15, 0.2) is 5.76 Å². The molecule has 0 aliphatic rings. The number of hydrogen-bond acceptors (Lipinski definition) is 3. The Balaban J connectivity index is 1.70. The van der Waals surface area contributed by atoms with Crippen LogP contribution in [0.15, 0.2) is 75.8 Å². The van der Waals surface area contributed by atoms with Crippen LogP contribution in [0.1, 0.15) is 10.6 Å². The highest BCUT2D eigenvalue weighted by molar-refractivity contribution is 9.10. The zero-order valence-electron chi connectivity index (χ0n) is 11.0. The predicted molar refractivity (Wildman–Crippen MR) is 87.4 cm³/mol. The Morgan fingerprint density at radius 3 is 2.62 bits per heavy atom. The first kappa shape index (κ1) is 13.6. The van der Waals surface area contributed by atoms with Crippen LogP contribution in [0.25, 0.3) is 11.0 Å². The zero-order chi connectivity index (χ0) is 14.7. The minimum absolute atomic E-state index is 0.171. The van der Waals surface area contributed by atoms with Gasteiger partial charge in [0, 0.05) is 27.8 Å². The predicted octanol–water partition coefficient (Wildman–Crippen LogP) is 5.00. The molecule has 0 aliphatic heterocycles. The molecule has 0 fully saturated rings. The van der Waals surface area contributed by atoms with Gasteiger partial charge in [0.05, 0.1) is 0 Å². The van der Waals surface area contributed by atoms with Crippen molar-refractivity contribution in [2.45, 2.75) is 0 Å². The molecule has 0 radical (unpaired) electrons. The number of anilines is 1. The minimum Gasteiger partial charge on any atom is -0.453 e. The van der Waals surface area contributed by atoms with Gasteiger partial charge in [-0.3, -0.25) is 4.79 Å². The van der Waals surface area contributed by atoms with Crippen molar-refractivity contribution in [3.05, 3.63) is 77.1 Å². The number of furan rings is 1. The molecule has 4 heteroatoms. The number of para-hydroxylation sites is 1. The van der Waals surface area contributed by atoms with E-state index >= 15 is 0 Å². The summed E-state index contributed by atoms with van der Waals surface area (Å²) in [6, 6.07) is 17.0. The summed E-state index contributed by atoms with van der Waals surface area (Å²) in [7, 11) is 0. The highest BCUT2D eigenvalue weighted by Crippen LogP contribution is 2.19. The van der Waals surface area contributed by atoms with Crippen LogP contribution in [0.3, 0.4) is 0 Å². The maximum Gasteiger partial charge on any atom is 0.222 e. The second-order valence-corrected chi connectivity index (χ2v) is 5.41. The number of carbonyl (C=O) groups excluding carboxylic acids is 1. The Morgan fingerprint density at radius 1 is 1.10 bits per heavy atom. The highest BCUT2D eigenvalue weighted by atomic mass is 79.9. The van der Waals surface area contributed by atoms with E-state index in [0.29, 0.717) is 5.76 Å². The van der Waals surface area contributed by atoms with Crippen LogP contribution in [0.4, 0.5) is 5.69 Å². The average Bonchev–Trinajstić information content (AvgIpc) is 2.93. The fourth-order valence-electron chi connectivity index (χ4n) is 1.95.